The standard InChI is InChI=1S/C52H62N12O6S/c1-32(2)47(51(68)64-30-39(65)22-43(64)50(67)54-25-34-10-12-36(13-11-34)48-33(3)57-31-71-48)45-24-46(60-70-45)69-21-7-6-16-61-17-14-35(15-18-61)37-26-55-52(56-27-37)62-19-20-63-38(29-62)28-53-49-42(63)23-41(58-59-49)40-8-4-5-9-44(40)66/h4-5,8-13,23-24,26-27,31-32,35,38-39,43,47,65-66H,6-7,14-22,25,28-30H2,1-3H3,(H,53,59)(H,54,67)/t38-,39-,43+,47-/m1/s1. The average Bonchev–Trinajstić information content (AvgIpc) is 4.15. The molecule has 19 heteroatoms. The smallest absolute Gasteiger partial charge is 0.254 e. The summed E-state index contributed by atoms with van der Waals surface area (Å²) < 4.78 is 11.7. The van der Waals surface area contributed by atoms with Crippen molar-refractivity contribution in [3.63, 3.8) is 0 Å². The first-order valence-corrected chi connectivity index (χ1v) is 25.7. The zero-order chi connectivity index (χ0) is 49.0. The van der Waals surface area contributed by atoms with E-state index in [2.05, 4.69) is 45.7 Å². The van der Waals surface area contributed by atoms with Gasteiger partial charge in [0.1, 0.15) is 17.7 Å². The van der Waals surface area contributed by atoms with Gasteiger partial charge in [-0.3, -0.25) is 9.59 Å². The lowest BCUT2D eigenvalue weighted by Gasteiger charge is -2.45. The van der Waals surface area contributed by atoms with E-state index in [9.17, 15) is 19.8 Å². The number of aliphatic hydroxyl groups excluding tert-OH is 1. The second-order valence-electron chi connectivity index (χ2n) is 19.5. The van der Waals surface area contributed by atoms with Crippen LogP contribution < -0.4 is 25.2 Å². The molecule has 4 aliphatic heterocycles. The molecule has 6 aromatic rings. The molecule has 2 amide bonds. The Bertz CT molecular complexity index is 2780. The summed E-state index contributed by atoms with van der Waals surface area (Å²) in [5.41, 5.74) is 8.32. The van der Waals surface area contributed by atoms with Crippen LogP contribution in [0.4, 0.5) is 17.5 Å². The average molecular weight is 983 g/mol. The van der Waals surface area contributed by atoms with E-state index >= 15 is 0 Å². The third-order valence-electron chi connectivity index (χ3n) is 14.4. The Labute approximate surface area is 417 Å². The Morgan fingerprint density at radius 1 is 0.972 bits per heavy atom. The number of unbranched alkanes of at least 4 members (excludes halogenated alkanes) is 1. The van der Waals surface area contributed by atoms with E-state index in [1.54, 1.807) is 29.5 Å². The molecule has 4 aromatic heterocycles. The van der Waals surface area contributed by atoms with E-state index in [1.807, 2.05) is 81.1 Å². The van der Waals surface area contributed by atoms with Crippen LogP contribution >= 0.6 is 11.3 Å². The number of piperazine rings is 1. The molecular formula is C52H62N12O6S. The number of amides is 2. The maximum absolute atomic E-state index is 14.1. The van der Waals surface area contributed by atoms with Gasteiger partial charge in [-0.1, -0.05) is 50.2 Å². The first-order valence-electron chi connectivity index (χ1n) is 24.9. The number of aryl methyl sites for hydroxylation is 1. The highest BCUT2D eigenvalue weighted by Gasteiger charge is 2.43. The summed E-state index contributed by atoms with van der Waals surface area (Å²) in [7, 11) is 0. The van der Waals surface area contributed by atoms with Gasteiger partial charge in [0.05, 0.1) is 46.2 Å². The normalized spacial score (nSPS) is 19.8. The van der Waals surface area contributed by atoms with Gasteiger partial charge < -0.3 is 49.7 Å². The van der Waals surface area contributed by atoms with Crippen LogP contribution in [0.2, 0.25) is 0 Å². The van der Waals surface area contributed by atoms with Gasteiger partial charge in [-0.2, -0.15) is 0 Å². The number of para-hydroxylation sites is 1. The number of thiazole rings is 1. The molecule has 10 rings (SSSR count). The fourth-order valence-corrected chi connectivity index (χ4v) is 11.3. The maximum Gasteiger partial charge on any atom is 0.254 e. The summed E-state index contributed by atoms with van der Waals surface area (Å²) in [6, 6.07) is 18.3. The van der Waals surface area contributed by atoms with Crippen LogP contribution in [-0.2, 0) is 16.1 Å². The summed E-state index contributed by atoms with van der Waals surface area (Å²) in [5.74, 6) is 1.39. The van der Waals surface area contributed by atoms with E-state index < -0.39 is 18.1 Å². The summed E-state index contributed by atoms with van der Waals surface area (Å²) in [6.07, 6.45) is 7.31. The van der Waals surface area contributed by atoms with Crippen LogP contribution in [0.25, 0.3) is 21.7 Å². The maximum atomic E-state index is 14.1. The zero-order valence-corrected chi connectivity index (χ0v) is 41.3. The summed E-state index contributed by atoms with van der Waals surface area (Å²) >= 11 is 1.59. The van der Waals surface area contributed by atoms with Gasteiger partial charge in [-0.15, -0.1) is 21.5 Å². The van der Waals surface area contributed by atoms with Gasteiger partial charge in [0.15, 0.2) is 11.6 Å². The first-order chi connectivity index (χ1) is 34.6. The third-order valence-corrected chi connectivity index (χ3v) is 15.4. The number of aromatic nitrogens is 6. The summed E-state index contributed by atoms with van der Waals surface area (Å²) in [4.78, 5) is 51.5. The predicted octanol–water partition coefficient (Wildman–Crippen LogP) is 6.24. The van der Waals surface area contributed by atoms with Crippen molar-refractivity contribution in [1.82, 2.24) is 45.4 Å². The molecule has 4 atom stereocenters. The molecule has 0 saturated carbocycles. The fraction of sp³-hybridized carbons (Fsp3) is 0.462. The van der Waals surface area contributed by atoms with E-state index in [0.29, 0.717) is 42.0 Å². The van der Waals surface area contributed by atoms with Gasteiger partial charge in [-0.25, -0.2) is 15.0 Å². The van der Waals surface area contributed by atoms with Crippen molar-refractivity contribution in [2.75, 3.05) is 74.1 Å². The highest BCUT2D eigenvalue weighted by atomic mass is 32.1. The van der Waals surface area contributed by atoms with E-state index in [1.165, 1.54) is 10.5 Å². The highest BCUT2D eigenvalue weighted by Crippen LogP contribution is 2.37. The molecule has 372 valence electrons. The molecule has 0 aliphatic carbocycles. The van der Waals surface area contributed by atoms with Crippen molar-refractivity contribution in [2.45, 2.75) is 89.4 Å². The molecule has 8 heterocycles. The quantitative estimate of drug-likeness (QED) is 0.0792. The Morgan fingerprint density at radius 3 is 2.54 bits per heavy atom. The van der Waals surface area contributed by atoms with Crippen molar-refractivity contribution in [2.24, 2.45) is 5.92 Å². The zero-order valence-electron chi connectivity index (χ0n) is 40.5. The number of aliphatic hydroxyl groups is 1. The van der Waals surface area contributed by atoms with Crippen molar-refractivity contribution >= 4 is 40.6 Å². The number of carbonyl (C=O) groups is 2. The number of nitrogens with zero attached hydrogens (tertiary/aromatic N) is 10. The third kappa shape index (κ3) is 10.7. The molecule has 3 saturated heterocycles. The van der Waals surface area contributed by atoms with Crippen LogP contribution in [0.1, 0.15) is 80.4 Å². The number of carbonyl (C=O) groups excluding carboxylic acids is 2. The van der Waals surface area contributed by atoms with Gasteiger partial charge in [0.2, 0.25) is 17.8 Å². The molecule has 0 radical (unpaired) electrons. The molecule has 18 nitrogen and oxygen atoms in total. The van der Waals surface area contributed by atoms with Gasteiger partial charge in [0.25, 0.3) is 5.88 Å². The van der Waals surface area contributed by atoms with Crippen molar-refractivity contribution in [1.29, 1.82) is 0 Å². The lowest BCUT2D eigenvalue weighted by molar-refractivity contribution is -0.141. The van der Waals surface area contributed by atoms with Crippen LogP contribution in [-0.4, -0.2) is 139 Å². The first kappa shape index (κ1) is 48.0. The van der Waals surface area contributed by atoms with E-state index in [0.717, 1.165) is 111 Å². The molecule has 0 bridgehead atoms. The van der Waals surface area contributed by atoms with E-state index in [4.69, 9.17) is 19.2 Å². The molecule has 3 fully saturated rings. The minimum atomic E-state index is -0.808. The molecule has 0 spiro atoms. The number of benzene rings is 2. The number of hydrogen-bond donors (Lipinski definition) is 4. The van der Waals surface area contributed by atoms with E-state index in [-0.39, 0.29) is 42.5 Å². The number of ether oxygens (including phenoxy) is 1. The number of phenolic OH excluding ortho intramolecular Hbond substituents is 1. The number of rotatable bonds is 16. The number of β-amino-alcohol motifs (C(OH)–C–C–N with tert-alkyl or cyclic N) is 1. The number of likely N-dealkylation sites (tertiary alicyclic amines) is 2. The Kier molecular flexibility index (Phi) is 14.4. The van der Waals surface area contributed by atoms with Crippen molar-refractivity contribution < 1.29 is 29.1 Å². The van der Waals surface area contributed by atoms with Gasteiger partial charge in [-0.05, 0) is 104 Å². The Morgan fingerprint density at radius 2 is 1.77 bits per heavy atom. The van der Waals surface area contributed by atoms with Gasteiger partial charge in [0, 0.05) is 69.7 Å². The lowest BCUT2D eigenvalue weighted by Crippen LogP contribution is -2.58. The molecule has 2 aromatic carbocycles. The summed E-state index contributed by atoms with van der Waals surface area (Å²) in [5, 5.41) is 40.5. The monoisotopic (exact) mass is 982 g/mol. The Balaban J connectivity index is 0.644. The highest BCUT2D eigenvalue weighted by molar-refractivity contribution is 7.13. The SMILES string of the molecule is Cc1ncsc1-c1ccc(CNC(=O)[C@@H]2C[C@@H](O)CN2C(=O)[C@@H](c2cc(OCCCCN3CCC(c4cnc(N5CCN6c7cc(-c8ccccc8O)nnc7NC[C@@H]6C5)nc4)CC3)no2)C(C)C)cc1. The molecule has 71 heavy (non-hydrogen) atoms. The minimum absolute atomic E-state index is 0.0667. The number of piperidine rings is 1. The second-order valence-corrected chi connectivity index (χ2v) is 20.4. The number of fused-ring (bicyclic) bond motifs is 3. The number of anilines is 3. The number of phenols is 1. The van der Waals surface area contributed by atoms with Crippen LogP contribution in [0.3, 0.4) is 0 Å². The number of nitrogens with one attached hydrogen (secondary N) is 2. The topological polar surface area (TPSA) is 211 Å². The van der Waals surface area contributed by atoms with Gasteiger partial charge >= 0.3 is 0 Å². The minimum Gasteiger partial charge on any atom is -0.507 e. The summed E-state index contributed by atoms with van der Waals surface area (Å²) in [6.45, 7) is 12.8. The number of aromatic hydroxyl groups is 1. The second kappa shape index (κ2) is 21.3. The Hall–Kier alpha value is -6.70. The number of hydrogen-bond acceptors (Lipinski definition) is 17. The van der Waals surface area contributed by atoms with Crippen LogP contribution in [0.5, 0.6) is 11.6 Å². The lowest BCUT2D eigenvalue weighted by atomic mass is 9.91. The fourth-order valence-electron chi connectivity index (χ4n) is 10.5. The molecule has 4 aliphatic rings. The molecule has 0 unspecified atom stereocenters. The predicted molar refractivity (Wildman–Crippen MR) is 270 cm³/mol. The molecule has 4 N–H and O–H groups in total. The molecular weight excluding hydrogens is 921 g/mol. The van der Waals surface area contributed by atoms with Crippen LogP contribution in [0.15, 0.2) is 83.1 Å². The largest absolute Gasteiger partial charge is 0.507 e. The van der Waals surface area contributed by atoms with Crippen molar-refractivity contribution in [3.05, 3.63) is 101 Å². The van der Waals surface area contributed by atoms with Crippen molar-refractivity contribution in [3.8, 4) is 33.3 Å². The van der Waals surface area contributed by atoms with Crippen LogP contribution in [0, 0.1) is 12.8 Å².